The summed E-state index contributed by atoms with van der Waals surface area (Å²) in [7, 11) is 1.53. The number of anilines is 1. The maximum absolute atomic E-state index is 11.7. The van der Waals surface area contributed by atoms with Gasteiger partial charge < -0.3 is 20.9 Å². The van der Waals surface area contributed by atoms with Crippen LogP contribution in [0.3, 0.4) is 0 Å². The molecule has 10 nitrogen and oxygen atoms in total. The van der Waals surface area contributed by atoms with Crippen molar-refractivity contribution in [2.45, 2.75) is 37.8 Å². The van der Waals surface area contributed by atoms with E-state index in [0.717, 1.165) is 32.1 Å². The van der Waals surface area contributed by atoms with Crippen LogP contribution in [-0.4, -0.2) is 29.6 Å². The zero-order valence-electron chi connectivity index (χ0n) is 17.2. The molecule has 4 rings (SSSR count). The molecule has 0 bridgehead atoms. The van der Waals surface area contributed by atoms with Crippen LogP contribution in [0.5, 0.6) is 17.2 Å². The Balaban J connectivity index is 1.80. The molecule has 1 saturated carbocycles. The van der Waals surface area contributed by atoms with Crippen molar-refractivity contribution in [2.75, 3.05) is 12.0 Å². The summed E-state index contributed by atoms with van der Waals surface area (Å²) in [5.41, 5.74) is 11.8. The lowest BCUT2D eigenvalue weighted by Crippen LogP contribution is -2.58. The van der Waals surface area contributed by atoms with Crippen molar-refractivity contribution >= 4 is 23.3 Å². The number of hydrogen-bond acceptors (Lipinski definition) is 9. The van der Waals surface area contributed by atoms with Gasteiger partial charge in [0.05, 0.1) is 23.8 Å². The number of hydrogen-bond donors (Lipinski definition) is 2. The molecule has 1 spiro atoms. The molecule has 2 aromatic carbocycles. The number of para-hydroxylation sites is 2. The lowest BCUT2D eigenvalue weighted by atomic mass is 9.87. The molecule has 1 aliphatic carbocycles. The second kappa shape index (κ2) is 8.13. The first-order chi connectivity index (χ1) is 14.9. The summed E-state index contributed by atoms with van der Waals surface area (Å²) in [6.07, 6.45) is 4.41. The van der Waals surface area contributed by atoms with Gasteiger partial charge in [-0.1, -0.05) is 18.6 Å². The average Bonchev–Trinajstić information content (AvgIpc) is 2.74. The van der Waals surface area contributed by atoms with E-state index in [4.69, 9.17) is 20.9 Å². The molecular weight excluding hydrogens is 400 g/mol. The maximum Gasteiger partial charge on any atom is 0.275 e. The number of nitrogens with zero attached hydrogens (tertiary/aromatic N) is 4. The highest BCUT2D eigenvalue weighted by atomic mass is 16.6. The molecule has 0 atom stereocenters. The average molecular weight is 424 g/mol. The summed E-state index contributed by atoms with van der Waals surface area (Å²) in [6, 6.07) is 11.6. The van der Waals surface area contributed by atoms with E-state index in [2.05, 4.69) is 9.98 Å². The zero-order chi connectivity index (χ0) is 22.0. The third-order valence-corrected chi connectivity index (χ3v) is 5.49. The summed E-state index contributed by atoms with van der Waals surface area (Å²) in [6.45, 7) is 0. The Morgan fingerprint density at radius 1 is 1.10 bits per heavy atom. The minimum atomic E-state index is -0.717. The first kappa shape index (κ1) is 20.5. The topological polar surface area (TPSA) is 142 Å². The van der Waals surface area contributed by atoms with Crippen molar-refractivity contribution in [2.24, 2.45) is 21.5 Å². The molecule has 0 unspecified atom stereocenters. The Morgan fingerprint density at radius 3 is 2.48 bits per heavy atom. The highest BCUT2D eigenvalue weighted by Crippen LogP contribution is 2.42. The largest absolute Gasteiger partial charge is 0.493 e. The summed E-state index contributed by atoms with van der Waals surface area (Å²) in [4.78, 5) is 21.7. The van der Waals surface area contributed by atoms with Crippen LogP contribution in [0.2, 0.25) is 0 Å². The molecule has 1 aliphatic heterocycles. The number of guanidine groups is 2. The minimum Gasteiger partial charge on any atom is -0.493 e. The monoisotopic (exact) mass is 424 g/mol. The molecule has 0 radical (unpaired) electrons. The highest BCUT2D eigenvalue weighted by Gasteiger charge is 2.43. The van der Waals surface area contributed by atoms with Gasteiger partial charge >= 0.3 is 0 Å². The fourth-order valence-corrected chi connectivity index (χ4v) is 4.19. The summed E-state index contributed by atoms with van der Waals surface area (Å²) in [5.74, 6) is 1.49. The molecule has 1 heterocycles. The van der Waals surface area contributed by atoms with E-state index in [1.165, 1.54) is 19.2 Å². The van der Waals surface area contributed by atoms with Gasteiger partial charge in [0.25, 0.3) is 5.69 Å². The van der Waals surface area contributed by atoms with Crippen LogP contribution in [-0.2, 0) is 0 Å². The number of nitro benzene ring substituents is 1. The Bertz CT molecular complexity index is 1060. The summed E-state index contributed by atoms with van der Waals surface area (Å²) >= 11 is 0. The van der Waals surface area contributed by atoms with Crippen LogP contribution < -0.4 is 25.8 Å². The van der Waals surface area contributed by atoms with Crippen molar-refractivity contribution in [1.29, 1.82) is 0 Å². The van der Waals surface area contributed by atoms with Gasteiger partial charge in [-0.2, -0.15) is 4.99 Å². The molecule has 31 heavy (non-hydrogen) atoms. The van der Waals surface area contributed by atoms with Crippen LogP contribution in [0.1, 0.15) is 32.1 Å². The van der Waals surface area contributed by atoms with Gasteiger partial charge in [-0.15, -0.1) is 0 Å². The van der Waals surface area contributed by atoms with E-state index >= 15 is 0 Å². The predicted octanol–water partition coefficient (Wildman–Crippen LogP) is 3.51. The van der Waals surface area contributed by atoms with Crippen molar-refractivity contribution in [3.05, 3.63) is 52.6 Å². The first-order valence-electron chi connectivity index (χ1n) is 10.0. The van der Waals surface area contributed by atoms with E-state index in [-0.39, 0.29) is 23.4 Å². The van der Waals surface area contributed by atoms with Crippen LogP contribution >= 0.6 is 0 Å². The molecule has 10 heteroatoms. The first-order valence-corrected chi connectivity index (χ1v) is 10.0. The van der Waals surface area contributed by atoms with Gasteiger partial charge in [0.15, 0.2) is 11.5 Å². The highest BCUT2D eigenvalue weighted by molar-refractivity contribution is 6.05. The van der Waals surface area contributed by atoms with E-state index < -0.39 is 10.6 Å². The molecule has 2 aliphatic rings. The standard InChI is InChI=1S/C21H24N6O4/c1-30-17-7-3-4-8-18(17)31-16-12-14(11-15(13-16)27(28)29)26-20(23)24-19(22)25-21(26)9-5-2-6-10-21/h3-4,7-8,11-13H,2,5-6,9-10H2,1H3,(H4,22,23,24,25). The zero-order valence-corrected chi connectivity index (χ0v) is 17.2. The van der Waals surface area contributed by atoms with E-state index in [0.29, 0.717) is 17.2 Å². The number of nitrogens with two attached hydrogens (primary N) is 2. The normalized spacial score (nSPS) is 17.6. The lowest BCUT2D eigenvalue weighted by molar-refractivity contribution is -0.384. The fourth-order valence-electron chi connectivity index (χ4n) is 4.19. The van der Waals surface area contributed by atoms with Gasteiger partial charge in [-0.05, 0) is 37.8 Å². The Kier molecular flexibility index (Phi) is 5.37. The van der Waals surface area contributed by atoms with Crippen molar-refractivity contribution in [3.8, 4) is 17.2 Å². The molecule has 1 fully saturated rings. The SMILES string of the molecule is COc1ccccc1Oc1cc(N2C(N)=NC(N)=NC23CCCCC3)cc([N+](=O)[O-])c1. The van der Waals surface area contributed by atoms with Crippen LogP contribution in [0.15, 0.2) is 52.4 Å². The molecule has 4 N–H and O–H groups in total. The number of non-ortho nitro benzene ring substituents is 1. The number of ether oxygens (including phenoxy) is 2. The van der Waals surface area contributed by atoms with Gasteiger partial charge in [-0.3, -0.25) is 15.0 Å². The molecule has 2 aromatic rings. The van der Waals surface area contributed by atoms with Crippen LogP contribution in [0, 0.1) is 10.1 Å². The van der Waals surface area contributed by atoms with Crippen molar-refractivity contribution in [1.82, 2.24) is 0 Å². The quantitative estimate of drug-likeness (QED) is 0.552. The van der Waals surface area contributed by atoms with Gasteiger partial charge in [0, 0.05) is 12.1 Å². The van der Waals surface area contributed by atoms with Crippen LogP contribution in [0.4, 0.5) is 11.4 Å². The van der Waals surface area contributed by atoms with Crippen molar-refractivity contribution in [3.63, 3.8) is 0 Å². The molecule has 0 amide bonds. The Labute approximate surface area is 179 Å². The van der Waals surface area contributed by atoms with Gasteiger partial charge in [0.1, 0.15) is 11.4 Å². The maximum atomic E-state index is 11.7. The van der Waals surface area contributed by atoms with Crippen molar-refractivity contribution < 1.29 is 14.4 Å². The fraction of sp³-hybridized carbons (Fsp3) is 0.333. The van der Waals surface area contributed by atoms with E-state index in [9.17, 15) is 10.1 Å². The smallest absolute Gasteiger partial charge is 0.275 e. The molecule has 0 saturated heterocycles. The second-order valence-corrected chi connectivity index (χ2v) is 7.51. The molecule has 162 valence electrons. The molecular formula is C21H24N6O4. The van der Waals surface area contributed by atoms with E-state index in [1.54, 1.807) is 29.2 Å². The van der Waals surface area contributed by atoms with Crippen LogP contribution in [0.25, 0.3) is 0 Å². The molecule has 0 aromatic heterocycles. The number of aliphatic imine (C=N–C) groups is 2. The Hall–Kier alpha value is -3.82. The lowest BCUT2D eigenvalue weighted by Gasteiger charge is -2.45. The second-order valence-electron chi connectivity index (χ2n) is 7.51. The van der Waals surface area contributed by atoms with E-state index in [1.807, 2.05) is 6.07 Å². The Morgan fingerprint density at radius 2 is 1.81 bits per heavy atom. The number of methoxy groups -OCH3 is 1. The number of benzene rings is 2. The summed E-state index contributed by atoms with van der Waals surface area (Å²) < 4.78 is 11.3. The third-order valence-electron chi connectivity index (χ3n) is 5.49. The predicted molar refractivity (Wildman–Crippen MR) is 118 cm³/mol. The minimum absolute atomic E-state index is 0.117. The van der Waals surface area contributed by atoms with Gasteiger partial charge in [0.2, 0.25) is 11.9 Å². The van der Waals surface area contributed by atoms with Gasteiger partial charge in [-0.25, -0.2) is 4.99 Å². The third kappa shape index (κ3) is 3.96. The number of rotatable bonds is 5. The number of nitro groups is 1. The summed E-state index contributed by atoms with van der Waals surface area (Å²) in [5, 5.41) is 11.7.